The number of hydrogen-bond donors (Lipinski definition) is 0. The van der Waals surface area contributed by atoms with E-state index in [1.54, 1.807) is 10.6 Å². The largest absolute Gasteiger partial charge is 0.0700 e. The SMILES string of the molecule is CCCCCCCC[P](CCCCCCCC)(c1ccccc1)c1ccccc1. The van der Waals surface area contributed by atoms with E-state index >= 15 is 0 Å². The van der Waals surface area contributed by atoms with Crippen molar-refractivity contribution in [2.75, 3.05) is 12.3 Å². The first-order valence-electron chi connectivity index (χ1n) is 12.3. The third-order valence-corrected chi connectivity index (χ3v) is 11.0. The zero-order valence-corrected chi connectivity index (χ0v) is 20.0. The first-order chi connectivity index (χ1) is 14.3. The van der Waals surface area contributed by atoms with Crippen LogP contribution in [0.15, 0.2) is 60.7 Å². The lowest BCUT2D eigenvalue weighted by Gasteiger charge is -2.38. The highest BCUT2D eigenvalue weighted by molar-refractivity contribution is 7.89. The summed E-state index contributed by atoms with van der Waals surface area (Å²) in [6.07, 6.45) is 19.5. The van der Waals surface area contributed by atoms with E-state index in [1.165, 1.54) is 89.4 Å². The van der Waals surface area contributed by atoms with E-state index in [0.717, 1.165) is 0 Å². The van der Waals surface area contributed by atoms with Gasteiger partial charge in [0.25, 0.3) is 0 Å². The molecular weight excluding hydrogens is 367 g/mol. The molecule has 0 atom stereocenters. The first-order valence-corrected chi connectivity index (χ1v) is 14.5. The summed E-state index contributed by atoms with van der Waals surface area (Å²) in [5, 5.41) is 3.27. The molecule has 1 heteroatoms. The Kier molecular flexibility index (Phi) is 12.3. The van der Waals surface area contributed by atoms with E-state index in [2.05, 4.69) is 74.5 Å². The summed E-state index contributed by atoms with van der Waals surface area (Å²) in [7, 11) is -1.31. The summed E-state index contributed by atoms with van der Waals surface area (Å²) in [5.41, 5.74) is 0. The molecule has 161 valence electrons. The standard InChI is InChI=1S/C28H44P/c1-3-5-7-9-11-19-25-29(27-21-15-13-16-22-27,28-23-17-14-18-24-28)26-20-12-10-8-6-4-2/h13-18,21-24H,3-12,19-20,25-26H2,1-2H3. The van der Waals surface area contributed by atoms with Crippen molar-refractivity contribution in [2.45, 2.75) is 90.9 Å². The Morgan fingerprint density at radius 1 is 0.448 bits per heavy atom. The summed E-state index contributed by atoms with van der Waals surface area (Å²) in [5.74, 6) is 0. The van der Waals surface area contributed by atoms with Gasteiger partial charge in [-0.05, 0) is 35.8 Å². The smallest absolute Gasteiger partial charge is 0.0239 e. The minimum absolute atomic E-state index is 1.31. The van der Waals surface area contributed by atoms with Gasteiger partial charge in [-0.3, -0.25) is 0 Å². The molecule has 0 aliphatic rings. The molecule has 0 saturated carbocycles. The van der Waals surface area contributed by atoms with Gasteiger partial charge in [-0.2, -0.15) is 0 Å². The maximum absolute atomic E-state index is 2.43. The monoisotopic (exact) mass is 411 g/mol. The molecule has 2 rings (SSSR count). The molecule has 0 nitrogen and oxygen atoms in total. The van der Waals surface area contributed by atoms with Crippen molar-refractivity contribution in [3.63, 3.8) is 0 Å². The normalized spacial score (nSPS) is 11.7. The van der Waals surface area contributed by atoms with E-state index in [-0.39, 0.29) is 0 Å². The minimum Gasteiger partial charge on any atom is -0.0700 e. The van der Waals surface area contributed by atoms with Crippen LogP contribution in [0.25, 0.3) is 0 Å². The molecule has 0 N–H and O–H groups in total. The van der Waals surface area contributed by atoms with E-state index in [9.17, 15) is 0 Å². The highest BCUT2D eigenvalue weighted by atomic mass is 31.2. The van der Waals surface area contributed by atoms with Gasteiger partial charge in [0.1, 0.15) is 0 Å². The maximum atomic E-state index is 2.43. The summed E-state index contributed by atoms with van der Waals surface area (Å²) in [6.45, 7) is 4.61. The molecule has 0 aliphatic heterocycles. The first kappa shape index (κ1) is 24.1. The van der Waals surface area contributed by atoms with Gasteiger partial charge in [0.2, 0.25) is 0 Å². The van der Waals surface area contributed by atoms with Crippen LogP contribution in [-0.2, 0) is 0 Å². The van der Waals surface area contributed by atoms with Gasteiger partial charge < -0.3 is 0 Å². The molecule has 0 bridgehead atoms. The average Bonchev–Trinajstić information content (AvgIpc) is 2.78. The number of rotatable bonds is 16. The van der Waals surface area contributed by atoms with Crippen LogP contribution in [0.2, 0.25) is 0 Å². The van der Waals surface area contributed by atoms with Crippen LogP contribution in [0.4, 0.5) is 0 Å². The Bertz CT molecular complexity index is 562. The molecule has 0 heterocycles. The number of unbranched alkanes of at least 4 members (excludes halogenated alkanes) is 10. The third-order valence-electron chi connectivity index (χ3n) is 6.29. The topological polar surface area (TPSA) is 0 Å². The van der Waals surface area contributed by atoms with E-state index in [1.807, 2.05) is 0 Å². The van der Waals surface area contributed by atoms with Crippen LogP contribution >= 0.6 is 7.26 Å². The van der Waals surface area contributed by atoms with Crippen molar-refractivity contribution in [1.29, 1.82) is 0 Å². The lowest BCUT2D eigenvalue weighted by Crippen LogP contribution is -2.27. The molecule has 0 saturated heterocycles. The second kappa shape index (κ2) is 14.8. The van der Waals surface area contributed by atoms with Crippen LogP contribution in [0.1, 0.15) is 90.9 Å². The summed E-state index contributed by atoms with van der Waals surface area (Å²) in [4.78, 5) is 0. The molecule has 2 aromatic carbocycles. The Labute approximate surface area is 181 Å². The fraction of sp³-hybridized carbons (Fsp3) is 0.571. The number of benzene rings is 2. The van der Waals surface area contributed by atoms with Crippen molar-refractivity contribution in [1.82, 2.24) is 0 Å². The molecule has 2 aromatic rings. The maximum Gasteiger partial charge on any atom is -0.0239 e. The van der Waals surface area contributed by atoms with Crippen molar-refractivity contribution in [2.24, 2.45) is 0 Å². The van der Waals surface area contributed by atoms with E-state index in [4.69, 9.17) is 0 Å². The Balaban J connectivity index is 2.13. The van der Waals surface area contributed by atoms with Crippen molar-refractivity contribution in [3.05, 3.63) is 60.7 Å². The van der Waals surface area contributed by atoms with Crippen LogP contribution in [0.3, 0.4) is 0 Å². The highest BCUT2D eigenvalue weighted by Crippen LogP contribution is 2.57. The van der Waals surface area contributed by atoms with Gasteiger partial charge in [-0.1, -0.05) is 146 Å². The molecule has 1 radical (unpaired) electrons. The summed E-state index contributed by atoms with van der Waals surface area (Å²) < 4.78 is 0. The van der Waals surface area contributed by atoms with Crippen molar-refractivity contribution in [3.8, 4) is 0 Å². The quantitative estimate of drug-likeness (QED) is 0.192. The van der Waals surface area contributed by atoms with Gasteiger partial charge in [-0.25, -0.2) is 0 Å². The highest BCUT2D eigenvalue weighted by Gasteiger charge is 2.30. The van der Waals surface area contributed by atoms with Gasteiger partial charge in [0, 0.05) is 0 Å². The van der Waals surface area contributed by atoms with Crippen molar-refractivity contribution >= 4 is 17.9 Å². The van der Waals surface area contributed by atoms with Crippen LogP contribution in [0, 0.1) is 0 Å². The molecular formula is C28H44P. The van der Waals surface area contributed by atoms with Crippen molar-refractivity contribution < 1.29 is 0 Å². The summed E-state index contributed by atoms with van der Waals surface area (Å²) in [6, 6.07) is 23.1. The Morgan fingerprint density at radius 3 is 1.17 bits per heavy atom. The third kappa shape index (κ3) is 8.25. The van der Waals surface area contributed by atoms with E-state index < -0.39 is 7.26 Å². The fourth-order valence-corrected chi connectivity index (χ4v) is 9.10. The van der Waals surface area contributed by atoms with Crippen LogP contribution in [-0.4, -0.2) is 12.3 Å². The lowest BCUT2D eigenvalue weighted by molar-refractivity contribution is 0.621. The second-order valence-electron chi connectivity index (χ2n) is 8.62. The fourth-order valence-electron chi connectivity index (χ4n) is 4.53. The van der Waals surface area contributed by atoms with Gasteiger partial charge in [-0.15, -0.1) is 0 Å². The second-order valence-corrected chi connectivity index (χ2v) is 12.5. The van der Waals surface area contributed by atoms with Crippen LogP contribution in [0.5, 0.6) is 0 Å². The predicted octanol–water partition coefficient (Wildman–Crippen LogP) is 8.38. The average molecular weight is 412 g/mol. The molecule has 0 aromatic heterocycles. The molecule has 29 heavy (non-hydrogen) atoms. The summed E-state index contributed by atoms with van der Waals surface area (Å²) >= 11 is 0. The minimum atomic E-state index is -1.31. The lowest BCUT2D eigenvalue weighted by atomic mass is 10.1. The molecule has 0 spiro atoms. The van der Waals surface area contributed by atoms with Gasteiger partial charge >= 0.3 is 0 Å². The predicted molar refractivity (Wildman–Crippen MR) is 136 cm³/mol. The van der Waals surface area contributed by atoms with Gasteiger partial charge in [0.15, 0.2) is 0 Å². The zero-order chi connectivity index (χ0) is 20.6. The van der Waals surface area contributed by atoms with Crippen LogP contribution < -0.4 is 10.6 Å². The van der Waals surface area contributed by atoms with Gasteiger partial charge in [0.05, 0.1) is 0 Å². The molecule has 0 unspecified atom stereocenters. The molecule has 0 fully saturated rings. The zero-order valence-electron chi connectivity index (χ0n) is 19.1. The Morgan fingerprint density at radius 2 is 0.793 bits per heavy atom. The van der Waals surface area contributed by atoms with E-state index in [0.29, 0.717) is 0 Å². The Hall–Kier alpha value is -1.13. The molecule has 0 aliphatic carbocycles. The number of hydrogen-bond acceptors (Lipinski definition) is 0. The molecule has 0 amide bonds.